The fourth-order valence-corrected chi connectivity index (χ4v) is 3.67. The van der Waals surface area contributed by atoms with Crippen LogP contribution in [-0.4, -0.2) is 34.0 Å². The van der Waals surface area contributed by atoms with Crippen molar-refractivity contribution >= 4 is 26.7 Å². The first-order valence-electron chi connectivity index (χ1n) is 8.95. The maximum Gasteiger partial charge on any atom is 0.269 e. The molecule has 2 atom stereocenters. The van der Waals surface area contributed by atoms with Crippen molar-refractivity contribution in [2.24, 2.45) is 5.10 Å². The summed E-state index contributed by atoms with van der Waals surface area (Å²) in [4.78, 5) is 12.9. The second-order valence-electron chi connectivity index (χ2n) is 6.73. The quantitative estimate of drug-likeness (QED) is 0.545. The second kappa shape index (κ2) is 8.49. The van der Waals surface area contributed by atoms with Crippen LogP contribution in [0.5, 0.6) is 5.75 Å². The van der Waals surface area contributed by atoms with Gasteiger partial charge in [-0.3, -0.25) is 9.48 Å². The van der Waals surface area contributed by atoms with Crippen LogP contribution in [-0.2, 0) is 11.3 Å². The number of methoxy groups -OCH3 is 1. The summed E-state index contributed by atoms with van der Waals surface area (Å²) in [5.74, 6) is 0.615. The molecule has 0 radical (unpaired) electrons. The van der Waals surface area contributed by atoms with Gasteiger partial charge in [0.15, 0.2) is 5.75 Å². The summed E-state index contributed by atoms with van der Waals surface area (Å²) in [6.07, 6.45) is 7.41. The monoisotopic (exact) mass is 384 g/mol. The van der Waals surface area contributed by atoms with Crippen molar-refractivity contribution in [1.82, 2.24) is 14.8 Å². The number of hydrogen-bond acceptors (Lipinski definition) is 4. The van der Waals surface area contributed by atoms with E-state index in [9.17, 15) is 4.79 Å². The average molecular weight is 384 g/mol. The molecule has 2 heterocycles. The Balaban J connectivity index is 1.59. The molecule has 3 rings (SSSR count). The van der Waals surface area contributed by atoms with Gasteiger partial charge in [-0.2, -0.15) is 10.2 Å². The van der Waals surface area contributed by atoms with Crippen LogP contribution in [0.25, 0.3) is 0 Å². The van der Waals surface area contributed by atoms with Gasteiger partial charge >= 0.3 is 0 Å². The number of hydrazone groups is 1. The zero-order chi connectivity index (χ0) is 19.4. The summed E-state index contributed by atoms with van der Waals surface area (Å²) in [6.45, 7) is 6.75. The summed E-state index contributed by atoms with van der Waals surface area (Å²) in [7, 11) is 4.33. The van der Waals surface area contributed by atoms with Crippen LogP contribution in [0.4, 0.5) is 0 Å². The molecule has 1 aliphatic heterocycles. The maximum atomic E-state index is 12.9. The number of ether oxygens (including phenoxy) is 1. The van der Waals surface area contributed by atoms with Crippen molar-refractivity contribution in [3.8, 4) is 5.75 Å². The van der Waals surface area contributed by atoms with Gasteiger partial charge < -0.3 is 4.74 Å². The van der Waals surface area contributed by atoms with Gasteiger partial charge in [0.25, 0.3) is 5.91 Å². The van der Waals surface area contributed by atoms with Crippen molar-refractivity contribution in [2.45, 2.75) is 38.8 Å². The van der Waals surface area contributed by atoms with E-state index >= 15 is 0 Å². The van der Waals surface area contributed by atoms with Crippen LogP contribution >= 0.6 is 9.24 Å². The molecule has 0 spiro atoms. The first kappa shape index (κ1) is 19.3. The number of amides is 1. The smallest absolute Gasteiger partial charge is 0.269 e. The zero-order valence-electron chi connectivity index (χ0n) is 15.8. The molecular formula is C20H25N4O2P. The molecule has 2 aromatic rings. The predicted molar refractivity (Wildman–Crippen MR) is 110 cm³/mol. The maximum absolute atomic E-state index is 12.9. The molecule has 0 bridgehead atoms. The highest BCUT2D eigenvalue weighted by Gasteiger charge is 2.29. The molecule has 2 unspecified atom stereocenters. The Morgan fingerprint density at radius 2 is 2.22 bits per heavy atom. The van der Waals surface area contributed by atoms with Crippen molar-refractivity contribution in [3.05, 3.63) is 53.9 Å². The van der Waals surface area contributed by atoms with Gasteiger partial charge in [0, 0.05) is 24.8 Å². The molecule has 0 saturated heterocycles. The van der Waals surface area contributed by atoms with Gasteiger partial charge in [-0.25, -0.2) is 5.01 Å². The topological polar surface area (TPSA) is 59.7 Å². The highest BCUT2D eigenvalue weighted by Crippen LogP contribution is 2.30. The number of rotatable bonds is 7. The van der Waals surface area contributed by atoms with E-state index < -0.39 is 0 Å². The Labute approximate surface area is 162 Å². The lowest BCUT2D eigenvalue weighted by Crippen LogP contribution is -2.28. The summed E-state index contributed by atoms with van der Waals surface area (Å²) in [5, 5.41) is 11.2. The van der Waals surface area contributed by atoms with Crippen LogP contribution < -0.4 is 10.0 Å². The van der Waals surface area contributed by atoms with Gasteiger partial charge in [0.1, 0.15) is 0 Å². The van der Waals surface area contributed by atoms with Gasteiger partial charge in [-0.1, -0.05) is 24.3 Å². The molecule has 0 saturated carbocycles. The molecule has 0 aliphatic carbocycles. The molecule has 1 aliphatic rings. The highest BCUT2D eigenvalue weighted by atomic mass is 31.0. The van der Waals surface area contributed by atoms with Crippen molar-refractivity contribution in [3.63, 3.8) is 0 Å². The molecule has 27 heavy (non-hydrogen) atoms. The van der Waals surface area contributed by atoms with E-state index in [0.717, 1.165) is 29.5 Å². The van der Waals surface area contributed by atoms with Gasteiger partial charge in [-0.15, -0.1) is 9.24 Å². The Hall–Kier alpha value is -2.46. The summed E-state index contributed by atoms with van der Waals surface area (Å²) in [6, 6.07) is 6.23. The van der Waals surface area contributed by atoms with E-state index in [1.807, 2.05) is 6.20 Å². The van der Waals surface area contributed by atoms with Crippen molar-refractivity contribution < 1.29 is 9.53 Å². The number of carbonyl (C=O) groups excluding carboxylic acids is 1. The third-order valence-corrected chi connectivity index (χ3v) is 4.89. The molecule has 0 N–H and O–H groups in total. The van der Waals surface area contributed by atoms with E-state index in [-0.39, 0.29) is 11.9 Å². The van der Waals surface area contributed by atoms with Crippen molar-refractivity contribution in [1.29, 1.82) is 0 Å². The minimum Gasteiger partial charge on any atom is -0.493 e. The van der Waals surface area contributed by atoms with E-state index in [4.69, 9.17) is 4.74 Å². The van der Waals surface area contributed by atoms with Crippen LogP contribution in [0.1, 0.15) is 36.4 Å². The number of hydrogen-bond donors (Lipinski definition) is 0. The Morgan fingerprint density at radius 3 is 2.93 bits per heavy atom. The van der Waals surface area contributed by atoms with Crippen LogP contribution in [0.2, 0.25) is 0 Å². The van der Waals surface area contributed by atoms with E-state index in [2.05, 4.69) is 51.1 Å². The molecule has 7 heteroatoms. The van der Waals surface area contributed by atoms with Crippen LogP contribution in [0.3, 0.4) is 0 Å². The molecule has 1 amide bonds. The lowest BCUT2D eigenvalue weighted by molar-refractivity contribution is -0.129. The van der Waals surface area contributed by atoms with Gasteiger partial charge in [-0.05, 0) is 36.7 Å². The summed E-state index contributed by atoms with van der Waals surface area (Å²) >= 11 is 0. The Kier molecular flexibility index (Phi) is 6.07. The molecule has 1 aromatic carbocycles. The minimum absolute atomic E-state index is 0.0659. The summed E-state index contributed by atoms with van der Waals surface area (Å²) in [5.41, 5.74) is 2.84. The zero-order valence-corrected chi connectivity index (χ0v) is 16.9. The van der Waals surface area contributed by atoms with E-state index in [1.165, 1.54) is 5.56 Å². The second-order valence-corrected chi connectivity index (χ2v) is 7.39. The first-order chi connectivity index (χ1) is 13.0. The fraction of sp³-hybridized carbons (Fsp3) is 0.350. The number of aromatic nitrogens is 2. The number of nitrogens with zero attached hydrogens (tertiary/aromatic N) is 4. The average Bonchev–Trinajstić information content (AvgIpc) is 3.29. The molecule has 1 aromatic heterocycles. The molecule has 142 valence electrons. The van der Waals surface area contributed by atoms with E-state index in [1.54, 1.807) is 29.2 Å². The molecular weight excluding hydrogens is 359 g/mol. The normalized spacial score (nSPS) is 16.0. The van der Waals surface area contributed by atoms with Crippen LogP contribution in [0, 0.1) is 6.92 Å². The lowest BCUT2D eigenvalue weighted by Gasteiger charge is -2.23. The van der Waals surface area contributed by atoms with Crippen molar-refractivity contribution in [2.75, 3.05) is 7.11 Å². The van der Waals surface area contributed by atoms with E-state index in [0.29, 0.717) is 18.5 Å². The highest BCUT2D eigenvalue weighted by molar-refractivity contribution is 7.27. The predicted octanol–water partition coefficient (Wildman–Crippen LogP) is 3.00. The third kappa shape index (κ3) is 4.64. The van der Waals surface area contributed by atoms with Gasteiger partial charge in [0.2, 0.25) is 0 Å². The number of aryl methyl sites for hydroxylation is 2. The van der Waals surface area contributed by atoms with Crippen LogP contribution in [0.15, 0.2) is 47.8 Å². The number of carbonyl (C=O) groups is 1. The largest absolute Gasteiger partial charge is 0.493 e. The number of benzene rings is 1. The minimum atomic E-state index is -0.112. The van der Waals surface area contributed by atoms with Gasteiger partial charge in [0.05, 0.1) is 25.5 Å². The SMILES string of the molecule is C=C(CCCn1cc(OC)cn1)C(=O)N1N=CCC1c1cc(C)cc(P)c1. The third-order valence-electron chi connectivity index (χ3n) is 4.56. The Morgan fingerprint density at radius 1 is 1.41 bits per heavy atom. The molecule has 6 nitrogen and oxygen atoms in total. The standard InChI is InChI=1S/C20H25N4O2P/c1-14-9-16(11-18(27)10-14)19-6-7-21-24(19)20(25)15(2)5-4-8-23-13-17(26-3)12-22-23/h7,9-13,19H,2,4-6,8,27H2,1,3H3. The fourth-order valence-electron chi connectivity index (χ4n) is 3.22. The first-order valence-corrected chi connectivity index (χ1v) is 9.53. The summed E-state index contributed by atoms with van der Waals surface area (Å²) < 4.78 is 6.93. The Bertz CT molecular complexity index is 854. The lowest BCUT2D eigenvalue weighted by atomic mass is 10.0. The molecule has 0 fully saturated rings.